The number of benzene rings is 2. The molecule has 7 nitrogen and oxygen atoms in total. The zero-order valence-electron chi connectivity index (χ0n) is 20.3. The molecular weight excluding hydrogens is 471 g/mol. The summed E-state index contributed by atoms with van der Waals surface area (Å²) >= 11 is 0. The molecule has 1 atom stereocenters. The molecule has 1 unspecified atom stereocenters. The molecule has 0 aromatic heterocycles. The third-order valence-corrected chi connectivity index (χ3v) is 8.82. The quantitative estimate of drug-likeness (QED) is 0.482. The smallest absolute Gasteiger partial charge is 0.243 e. The first-order chi connectivity index (χ1) is 16.8. The van der Waals surface area contributed by atoms with Crippen LogP contribution in [0.1, 0.15) is 48.2 Å². The molecule has 2 aliphatic heterocycles. The highest BCUT2D eigenvalue weighted by molar-refractivity contribution is 7.89. The van der Waals surface area contributed by atoms with E-state index in [1.807, 2.05) is 6.92 Å². The average molecular weight is 505 g/mol. The minimum Gasteiger partial charge on any atom is -0.496 e. The van der Waals surface area contributed by atoms with Gasteiger partial charge in [0, 0.05) is 36.7 Å². The van der Waals surface area contributed by atoms with E-state index in [9.17, 15) is 17.6 Å². The molecule has 0 radical (unpaired) electrons. The van der Waals surface area contributed by atoms with Crippen molar-refractivity contribution in [2.24, 2.45) is 5.92 Å². The molecule has 0 spiro atoms. The number of hydrogen-bond donors (Lipinski definition) is 0. The van der Waals surface area contributed by atoms with Gasteiger partial charge in [-0.15, -0.1) is 0 Å². The largest absolute Gasteiger partial charge is 0.496 e. The van der Waals surface area contributed by atoms with Gasteiger partial charge < -0.3 is 14.4 Å². The Balaban J connectivity index is 1.33. The lowest BCUT2D eigenvalue weighted by atomic mass is 9.89. The molecule has 4 rings (SSSR count). The number of methoxy groups -OCH3 is 1. The highest BCUT2D eigenvalue weighted by Gasteiger charge is 2.39. The molecule has 0 saturated carbocycles. The van der Waals surface area contributed by atoms with Crippen molar-refractivity contribution in [1.82, 2.24) is 9.21 Å². The number of nitrogens with zero attached hydrogens (tertiary/aromatic N) is 2. The molecule has 35 heavy (non-hydrogen) atoms. The summed E-state index contributed by atoms with van der Waals surface area (Å²) in [6.45, 7) is 5.36. The fourth-order valence-electron chi connectivity index (χ4n) is 5.05. The molecule has 1 saturated heterocycles. The first-order valence-electron chi connectivity index (χ1n) is 12.2. The minimum absolute atomic E-state index is 0.0578. The van der Waals surface area contributed by atoms with Crippen LogP contribution in [0.15, 0.2) is 47.4 Å². The van der Waals surface area contributed by atoms with Crippen LogP contribution < -0.4 is 4.74 Å². The van der Waals surface area contributed by atoms with Crippen LogP contribution in [0.4, 0.5) is 4.39 Å². The Morgan fingerprint density at radius 1 is 1.09 bits per heavy atom. The normalized spacial score (nSPS) is 20.9. The number of hydrogen-bond acceptors (Lipinski definition) is 6. The van der Waals surface area contributed by atoms with Gasteiger partial charge in [0.25, 0.3) is 0 Å². The second-order valence-corrected chi connectivity index (χ2v) is 10.9. The van der Waals surface area contributed by atoms with Crippen LogP contribution in [-0.2, 0) is 14.8 Å². The topological polar surface area (TPSA) is 76.2 Å². The van der Waals surface area contributed by atoms with Crippen LogP contribution in [-0.4, -0.2) is 69.8 Å². The summed E-state index contributed by atoms with van der Waals surface area (Å²) in [5, 5.41) is 0. The Labute approximate surface area is 206 Å². The summed E-state index contributed by atoms with van der Waals surface area (Å²) in [7, 11) is -2.10. The second-order valence-electron chi connectivity index (χ2n) is 9.02. The summed E-state index contributed by atoms with van der Waals surface area (Å²) in [5.74, 6) is 0.197. The number of carbonyl (C=O) groups excluding carboxylic acids is 1. The van der Waals surface area contributed by atoms with E-state index in [0.717, 1.165) is 32.5 Å². The lowest BCUT2D eigenvalue weighted by molar-refractivity contribution is 0.0403. The summed E-state index contributed by atoms with van der Waals surface area (Å²) in [6, 6.07) is 10.8. The van der Waals surface area contributed by atoms with Crippen molar-refractivity contribution in [3.05, 3.63) is 59.4 Å². The number of fused-ring (bicyclic) bond motifs is 1. The van der Waals surface area contributed by atoms with Crippen LogP contribution >= 0.6 is 0 Å². The van der Waals surface area contributed by atoms with Gasteiger partial charge in [-0.1, -0.05) is 6.07 Å². The van der Waals surface area contributed by atoms with E-state index in [1.165, 1.54) is 23.5 Å². The number of ether oxygens (including phenoxy) is 2. The number of piperidine rings is 1. The minimum atomic E-state index is -3.64. The molecular formula is C26H33FN2O5S. The molecule has 2 aromatic rings. The Hall–Kier alpha value is -2.33. The molecule has 190 valence electrons. The third-order valence-electron chi connectivity index (χ3n) is 6.89. The van der Waals surface area contributed by atoms with Gasteiger partial charge in [0.15, 0.2) is 5.78 Å². The van der Waals surface area contributed by atoms with Gasteiger partial charge in [0.05, 0.1) is 12.0 Å². The van der Waals surface area contributed by atoms with E-state index in [-0.39, 0.29) is 35.1 Å². The predicted molar refractivity (Wildman–Crippen MR) is 131 cm³/mol. The number of ketones is 1. The monoisotopic (exact) mass is 504 g/mol. The summed E-state index contributed by atoms with van der Waals surface area (Å²) in [4.78, 5) is 15.2. The molecule has 0 amide bonds. The SMILES string of the molecule is CCOC1CN(CCCN2CCC(C(=O)c3ccc(F)cc3)CC2)S(=O)(=O)c2cccc(OC)c21. The summed E-state index contributed by atoms with van der Waals surface area (Å²) in [6.07, 6.45) is 1.81. The third kappa shape index (κ3) is 5.58. The number of sulfonamides is 1. The van der Waals surface area contributed by atoms with Crippen LogP contribution in [0.5, 0.6) is 5.75 Å². The van der Waals surface area contributed by atoms with Crippen LogP contribution in [0.25, 0.3) is 0 Å². The standard InChI is InChI=1S/C26H33FN2O5S/c1-3-34-23-18-29(35(31,32)24-7-4-6-22(33-2)25(23)24)15-5-14-28-16-12-20(13-17-28)26(30)19-8-10-21(27)11-9-19/h4,6-11,20,23H,3,5,12-18H2,1-2H3. The maximum Gasteiger partial charge on any atom is 0.243 e. The number of halogens is 1. The van der Waals surface area contributed by atoms with Gasteiger partial charge >= 0.3 is 0 Å². The number of carbonyl (C=O) groups is 1. The van der Waals surface area contributed by atoms with Crippen molar-refractivity contribution in [3.63, 3.8) is 0 Å². The Morgan fingerprint density at radius 3 is 2.46 bits per heavy atom. The van der Waals surface area contributed by atoms with E-state index < -0.39 is 10.0 Å². The van der Waals surface area contributed by atoms with Crippen molar-refractivity contribution in [2.45, 2.75) is 37.2 Å². The summed E-state index contributed by atoms with van der Waals surface area (Å²) < 4.78 is 52.6. The van der Waals surface area contributed by atoms with E-state index in [4.69, 9.17) is 9.47 Å². The van der Waals surface area contributed by atoms with Crippen molar-refractivity contribution < 1.29 is 27.1 Å². The summed E-state index contributed by atoms with van der Waals surface area (Å²) in [5.41, 5.74) is 1.15. The number of rotatable bonds is 9. The van der Waals surface area contributed by atoms with Crippen LogP contribution in [0.2, 0.25) is 0 Å². The molecule has 9 heteroatoms. The Bertz CT molecular complexity index is 1130. The van der Waals surface area contributed by atoms with Crippen molar-refractivity contribution in [3.8, 4) is 5.75 Å². The number of Topliss-reactive ketones (excluding diaryl/α,β-unsaturated/α-hetero) is 1. The second kappa shape index (κ2) is 11.2. The maximum atomic E-state index is 13.3. The molecule has 0 N–H and O–H groups in total. The molecule has 0 aliphatic carbocycles. The molecule has 2 aromatic carbocycles. The Kier molecular flexibility index (Phi) is 8.21. The highest BCUT2D eigenvalue weighted by Crippen LogP contribution is 2.40. The van der Waals surface area contributed by atoms with Gasteiger partial charge in [-0.2, -0.15) is 4.31 Å². The molecule has 1 fully saturated rings. The van der Waals surface area contributed by atoms with E-state index in [0.29, 0.717) is 36.4 Å². The molecule has 0 bridgehead atoms. The lowest BCUT2D eigenvalue weighted by Crippen LogP contribution is -2.43. The highest BCUT2D eigenvalue weighted by atomic mass is 32.2. The van der Waals surface area contributed by atoms with E-state index in [2.05, 4.69) is 4.90 Å². The molecule has 2 aliphatic rings. The maximum absolute atomic E-state index is 13.3. The van der Waals surface area contributed by atoms with Gasteiger partial charge in [-0.05, 0) is 82.2 Å². The van der Waals surface area contributed by atoms with Gasteiger partial charge in [0.1, 0.15) is 17.7 Å². The first-order valence-corrected chi connectivity index (χ1v) is 13.6. The zero-order chi connectivity index (χ0) is 25.0. The average Bonchev–Trinajstić information content (AvgIpc) is 2.87. The van der Waals surface area contributed by atoms with Crippen molar-refractivity contribution in [2.75, 3.05) is 46.4 Å². The van der Waals surface area contributed by atoms with Gasteiger partial charge in [0.2, 0.25) is 10.0 Å². The number of likely N-dealkylation sites (tertiary alicyclic amines) is 1. The van der Waals surface area contributed by atoms with E-state index >= 15 is 0 Å². The van der Waals surface area contributed by atoms with Gasteiger partial charge in [-0.3, -0.25) is 4.79 Å². The lowest BCUT2D eigenvalue weighted by Gasteiger charge is -2.35. The molecule has 2 heterocycles. The Morgan fingerprint density at radius 2 is 1.80 bits per heavy atom. The zero-order valence-corrected chi connectivity index (χ0v) is 21.1. The fraction of sp³-hybridized carbons (Fsp3) is 0.500. The van der Waals surface area contributed by atoms with E-state index in [1.54, 1.807) is 30.3 Å². The van der Waals surface area contributed by atoms with Gasteiger partial charge in [-0.25, -0.2) is 12.8 Å². The predicted octanol–water partition coefficient (Wildman–Crippen LogP) is 3.90. The van der Waals surface area contributed by atoms with Crippen molar-refractivity contribution >= 4 is 15.8 Å². The fourth-order valence-corrected chi connectivity index (χ4v) is 6.79. The first kappa shape index (κ1) is 25.8. The van der Waals surface area contributed by atoms with Crippen LogP contribution in [0, 0.1) is 11.7 Å². The van der Waals surface area contributed by atoms with Crippen molar-refractivity contribution in [1.29, 1.82) is 0 Å². The van der Waals surface area contributed by atoms with Crippen LogP contribution in [0.3, 0.4) is 0 Å².